The van der Waals surface area contributed by atoms with Crippen molar-refractivity contribution in [3.05, 3.63) is 59.1 Å². The lowest BCUT2D eigenvalue weighted by Gasteiger charge is -2.36. The van der Waals surface area contributed by atoms with Crippen molar-refractivity contribution in [2.45, 2.75) is 57.5 Å². The van der Waals surface area contributed by atoms with Crippen molar-refractivity contribution in [1.82, 2.24) is 0 Å². The summed E-state index contributed by atoms with van der Waals surface area (Å²) in [6.07, 6.45) is 5.19. The van der Waals surface area contributed by atoms with E-state index in [1.54, 1.807) is 0 Å². The molecule has 0 atom stereocenters. The molecule has 3 rings (SSSR count). The topological polar surface area (TPSA) is 38.3 Å². The zero-order chi connectivity index (χ0) is 18.6. The second-order valence-electron chi connectivity index (χ2n) is 7.29. The molecule has 0 saturated heterocycles. The summed E-state index contributed by atoms with van der Waals surface area (Å²) in [4.78, 5) is 13.3. The Bertz CT molecular complexity index is 732. The van der Waals surface area contributed by atoms with Crippen LogP contribution in [0.25, 0.3) is 0 Å². The Kier molecular flexibility index (Phi) is 5.87. The molecule has 2 aromatic carbocycles. The minimum Gasteiger partial charge on any atom is -0.491 e. The third kappa shape index (κ3) is 4.21. The van der Waals surface area contributed by atoms with Crippen molar-refractivity contribution in [2.75, 3.05) is 5.32 Å². The molecule has 0 radical (unpaired) electrons. The van der Waals surface area contributed by atoms with Crippen LogP contribution in [0.15, 0.2) is 48.5 Å². The Morgan fingerprint density at radius 2 is 1.62 bits per heavy atom. The molecular weight excluding hydrogens is 346 g/mol. The van der Waals surface area contributed by atoms with Crippen LogP contribution in [-0.4, -0.2) is 12.0 Å². The molecule has 0 spiro atoms. The van der Waals surface area contributed by atoms with Gasteiger partial charge in [-0.15, -0.1) is 0 Å². The number of benzene rings is 2. The molecule has 0 unspecified atom stereocenters. The van der Waals surface area contributed by atoms with Crippen LogP contribution in [0.2, 0.25) is 5.02 Å². The number of hydrogen-bond acceptors (Lipinski definition) is 2. The van der Waals surface area contributed by atoms with Gasteiger partial charge >= 0.3 is 0 Å². The van der Waals surface area contributed by atoms with Gasteiger partial charge in [-0.3, -0.25) is 4.79 Å². The monoisotopic (exact) mass is 371 g/mol. The highest BCUT2D eigenvalue weighted by Gasteiger charge is 2.41. The quantitative estimate of drug-likeness (QED) is 0.703. The standard InChI is InChI=1S/C22H26ClNO2/c1-16(2)26-20-12-10-19(11-13-20)24-21(25)22(14-4-3-5-15-22)17-6-8-18(23)9-7-17/h6-13,16H,3-5,14-15H2,1-2H3,(H,24,25). The van der Waals surface area contributed by atoms with Crippen LogP contribution < -0.4 is 10.1 Å². The van der Waals surface area contributed by atoms with Gasteiger partial charge in [0.25, 0.3) is 0 Å². The summed E-state index contributed by atoms with van der Waals surface area (Å²) < 4.78 is 5.67. The van der Waals surface area contributed by atoms with Crippen molar-refractivity contribution in [2.24, 2.45) is 0 Å². The van der Waals surface area contributed by atoms with E-state index in [1.807, 2.05) is 62.4 Å². The first kappa shape index (κ1) is 18.8. The normalized spacial score (nSPS) is 16.3. The highest BCUT2D eigenvalue weighted by molar-refractivity contribution is 6.30. The fourth-order valence-corrected chi connectivity index (χ4v) is 3.84. The van der Waals surface area contributed by atoms with Gasteiger partial charge in [-0.25, -0.2) is 0 Å². The molecule has 1 saturated carbocycles. The molecule has 4 heteroatoms. The number of ether oxygens (including phenoxy) is 1. The maximum absolute atomic E-state index is 13.3. The minimum absolute atomic E-state index is 0.0667. The SMILES string of the molecule is CC(C)Oc1ccc(NC(=O)C2(c3ccc(Cl)cc3)CCCCC2)cc1. The highest BCUT2D eigenvalue weighted by Crippen LogP contribution is 2.41. The van der Waals surface area contributed by atoms with Crippen molar-refractivity contribution in [3.8, 4) is 5.75 Å². The van der Waals surface area contributed by atoms with Crippen LogP contribution in [0.4, 0.5) is 5.69 Å². The van der Waals surface area contributed by atoms with Gasteiger partial charge in [0, 0.05) is 10.7 Å². The summed E-state index contributed by atoms with van der Waals surface area (Å²) in [6, 6.07) is 15.3. The van der Waals surface area contributed by atoms with E-state index in [4.69, 9.17) is 16.3 Å². The Hall–Kier alpha value is -2.00. The van der Waals surface area contributed by atoms with E-state index in [1.165, 1.54) is 6.42 Å². The number of anilines is 1. The van der Waals surface area contributed by atoms with E-state index in [0.29, 0.717) is 5.02 Å². The Labute approximate surface area is 160 Å². The zero-order valence-electron chi connectivity index (χ0n) is 15.4. The molecule has 138 valence electrons. The van der Waals surface area contributed by atoms with Crippen molar-refractivity contribution >= 4 is 23.2 Å². The van der Waals surface area contributed by atoms with Gasteiger partial charge < -0.3 is 10.1 Å². The largest absolute Gasteiger partial charge is 0.491 e. The van der Waals surface area contributed by atoms with Crippen molar-refractivity contribution in [1.29, 1.82) is 0 Å². The van der Waals surface area contributed by atoms with E-state index in [0.717, 1.165) is 42.7 Å². The maximum atomic E-state index is 13.3. The van der Waals surface area contributed by atoms with Crippen LogP contribution in [-0.2, 0) is 10.2 Å². The molecule has 1 aliphatic rings. The number of nitrogens with one attached hydrogen (secondary N) is 1. The first-order valence-corrected chi connectivity index (χ1v) is 9.72. The summed E-state index contributed by atoms with van der Waals surface area (Å²) in [5.74, 6) is 0.875. The van der Waals surface area contributed by atoms with E-state index < -0.39 is 5.41 Å². The molecule has 3 nitrogen and oxygen atoms in total. The molecule has 0 bridgehead atoms. The molecule has 0 aliphatic heterocycles. The third-order valence-electron chi connectivity index (χ3n) is 5.02. The average Bonchev–Trinajstić information content (AvgIpc) is 2.64. The van der Waals surface area contributed by atoms with E-state index >= 15 is 0 Å². The van der Waals surface area contributed by atoms with Gasteiger partial charge in [-0.1, -0.05) is 43.0 Å². The summed E-state index contributed by atoms with van der Waals surface area (Å²) in [6.45, 7) is 3.99. The molecule has 1 fully saturated rings. The first-order chi connectivity index (χ1) is 12.5. The highest BCUT2D eigenvalue weighted by atomic mass is 35.5. The Balaban J connectivity index is 1.81. The summed E-state index contributed by atoms with van der Waals surface area (Å²) >= 11 is 6.04. The van der Waals surface area contributed by atoms with Gasteiger partial charge in [0.1, 0.15) is 5.75 Å². The molecule has 1 N–H and O–H groups in total. The Morgan fingerprint density at radius 1 is 1.00 bits per heavy atom. The number of carbonyl (C=O) groups excluding carboxylic acids is 1. The summed E-state index contributed by atoms with van der Waals surface area (Å²) in [5.41, 5.74) is 1.37. The third-order valence-corrected chi connectivity index (χ3v) is 5.27. The second-order valence-corrected chi connectivity index (χ2v) is 7.73. The average molecular weight is 372 g/mol. The van der Waals surface area contributed by atoms with Crippen LogP contribution in [0.3, 0.4) is 0 Å². The number of rotatable bonds is 5. The minimum atomic E-state index is -0.476. The lowest BCUT2D eigenvalue weighted by atomic mass is 9.68. The van der Waals surface area contributed by atoms with Gasteiger partial charge in [0.15, 0.2) is 0 Å². The number of amides is 1. The van der Waals surface area contributed by atoms with E-state index in [-0.39, 0.29) is 12.0 Å². The number of carbonyl (C=O) groups is 1. The van der Waals surface area contributed by atoms with Crippen LogP contribution in [0.1, 0.15) is 51.5 Å². The van der Waals surface area contributed by atoms with Gasteiger partial charge in [-0.2, -0.15) is 0 Å². The van der Waals surface area contributed by atoms with Crippen molar-refractivity contribution in [3.63, 3.8) is 0 Å². The number of hydrogen-bond donors (Lipinski definition) is 1. The van der Waals surface area contributed by atoms with Crippen LogP contribution in [0.5, 0.6) is 5.75 Å². The summed E-state index contributed by atoms with van der Waals surface area (Å²) in [5, 5.41) is 3.81. The molecule has 1 amide bonds. The fourth-order valence-electron chi connectivity index (χ4n) is 3.71. The van der Waals surface area contributed by atoms with Gasteiger partial charge in [0.2, 0.25) is 5.91 Å². The summed E-state index contributed by atoms with van der Waals surface area (Å²) in [7, 11) is 0. The smallest absolute Gasteiger partial charge is 0.235 e. The lowest BCUT2D eigenvalue weighted by molar-refractivity contribution is -0.122. The van der Waals surface area contributed by atoms with Crippen LogP contribution >= 0.6 is 11.6 Å². The molecule has 1 aliphatic carbocycles. The second kappa shape index (κ2) is 8.13. The maximum Gasteiger partial charge on any atom is 0.235 e. The Morgan fingerprint density at radius 3 is 2.19 bits per heavy atom. The van der Waals surface area contributed by atoms with Crippen LogP contribution in [0, 0.1) is 0 Å². The van der Waals surface area contributed by atoms with E-state index in [2.05, 4.69) is 5.32 Å². The molecule has 0 heterocycles. The predicted molar refractivity (Wildman–Crippen MR) is 107 cm³/mol. The fraction of sp³-hybridized carbons (Fsp3) is 0.409. The lowest BCUT2D eigenvalue weighted by Crippen LogP contribution is -2.42. The molecule has 2 aromatic rings. The zero-order valence-corrected chi connectivity index (χ0v) is 16.2. The van der Waals surface area contributed by atoms with Gasteiger partial charge in [-0.05, 0) is 68.7 Å². The molecule has 0 aromatic heterocycles. The van der Waals surface area contributed by atoms with Crippen molar-refractivity contribution < 1.29 is 9.53 Å². The number of halogens is 1. The first-order valence-electron chi connectivity index (χ1n) is 9.34. The molecular formula is C22H26ClNO2. The predicted octanol–water partition coefficient (Wildman–Crippen LogP) is 5.97. The molecule has 26 heavy (non-hydrogen) atoms. The van der Waals surface area contributed by atoms with Gasteiger partial charge in [0.05, 0.1) is 11.5 Å². The van der Waals surface area contributed by atoms with E-state index in [9.17, 15) is 4.79 Å².